The Labute approximate surface area is 152 Å². The fourth-order valence-corrected chi connectivity index (χ4v) is 2.64. The molecule has 3 aromatic rings. The Morgan fingerprint density at radius 2 is 2.15 bits per heavy atom. The van der Waals surface area contributed by atoms with E-state index >= 15 is 0 Å². The third-order valence-electron chi connectivity index (χ3n) is 4.12. The summed E-state index contributed by atoms with van der Waals surface area (Å²) in [5, 5.41) is 21.2. The average Bonchev–Trinajstić information content (AvgIpc) is 3.28. The smallest absolute Gasteiger partial charge is 0.275 e. The summed E-state index contributed by atoms with van der Waals surface area (Å²) in [7, 11) is 0. The van der Waals surface area contributed by atoms with Crippen molar-refractivity contribution < 1.29 is 9.90 Å². The summed E-state index contributed by atoms with van der Waals surface area (Å²) >= 11 is 0. The van der Waals surface area contributed by atoms with Crippen LogP contribution in [0.5, 0.6) is 5.75 Å². The molecular weight excluding hydrogens is 330 g/mol. The number of carbonyl (C=O) groups excluding carboxylic acids is 1. The molecule has 0 aliphatic rings. The SMILES string of the molecule is CC(C)c1cccc(-n2cc(O)c(C(=O)NCCCn3cccn3)n2)c1. The Bertz CT molecular complexity index is 868. The van der Waals surface area contributed by atoms with Crippen molar-refractivity contribution >= 4 is 5.91 Å². The van der Waals surface area contributed by atoms with Crippen LogP contribution < -0.4 is 5.32 Å². The first-order valence-corrected chi connectivity index (χ1v) is 8.69. The van der Waals surface area contributed by atoms with Gasteiger partial charge in [-0.25, -0.2) is 4.68 Å². The number of carbonyl (C=O) groups is 1. The first-order valence-electron chi connectivity index (χ1n) is 8.69. The highest BCUT2D eigenvalue weighted by atomic mass is 16.3. The molecule has 1 aromatic carbocycles. The van der Waals surface area contributed by atoms with Gasteiger partial charge in [-0.15, -0.1) is 0 Å². The van der Waals surface area contributed by atoms with E-state index in [4.69, 9.17) is 0 Å². The molecule has 2 N–H and O–H groups in total. The number of hydrogen-bond donors (Lipinski definition) is 2. The van der Waals surface area contributed by atoms with Gasteiger partial charge in [-0.2, -0.15) is 10.2 Å². The molecule has 0 saturated heterocycles. The van der Waals surface area contributed by atoms with Gasteiger partial charge in [-0.05, 0) is 36.1 Å². The highest BCUT2D eigenvalue weighted by molar-refractivity contribution is 5.94. The summed E-state index contributed by atoms with van der Waals surface area (Å²) in [6, 6.07) is 9.74. The predicted octanol–water partition coefficient (Wildman–Crippen LogP) is 2.72. The van der Waals surface area contributed by atoms with Gasteiger partial charge in [-0.1, -0.05) is 26.0 Å². The molecule has 0 radical (unpaired) electrons. The first-order chi connectivity index (χ1) is 12.5. The van der Waals surface area contributed by atoms with Crippen LogP contribution in [0.25, 0.3) is 5.69 Å². The summed E-state index contributed by atoms with van der Waals surface area (Å²) < 4.78 is 3.33. The minimum absolute atomic E-state index is 0.0269. The molecule has 7 heteroatoms. The van der Waals surface area contributed by atoms with E-state index in [9.17, 15) is 9.90 Å². The molecule has 2 heterocycles. The van der Waals surface area contributed by atoms with Gasteiger partial charge < -0.3 is 10.4 Å². The number of rotatable bonds is 7. The highest BCUT2D eigenvalue weighted by Gasteiger charge is 2.17. The van der Waals surface area contributed by atoms with Crippen molar-refractivity contribution in [3.05, 3.63) is 60.2 Å². The van der Waals surface area contributed by atoms with Gasteiger partial charge in [0.05, 0.1) is 11.9 Å². The molecule has 0 aliphatic heterocycles. The summed E-state index contributed by atoms with van der Waals surface area (Å²) in [6.07, 6.45) is 5.79. The Morgan fingerprint density at radius 3 is 2.88 bits per heavy atom. The zero-order valence-corrected chi connectivity index (χ0v) is 15.0. The maximum atomic E-state index is 12.3. The molecule has 0 atom stereocenters. The van der Waals surface area contributed by atoms with E-state index in [0.717, 1.165) is 18.7 Å². The van der Waals surface area contributed by atoms with Crippen molar-refractivity contribution in [2.75, 3.05) is 6.54 Å². The largest absolute Gasteiger partial charge is 0.504 e. The second-order valence-corrected chi connectivity index (χ2v) is 6.44. The van der Waals surface area contributed by atoms with E-state index in [0.29, 0.717) is 12.5 Å². The lowest BCUT2D eigenvalue weighted by atomic mass is 10.0. The number of aromatic nitrogens is 4. The standard InChI is InChI=1S/C19H23N5O2/c1-14(2)15-6-3-7-16(12-15)24-13-17(25)18(22-24)19(26)20-8-4-10-23-11-5-9-21-23/h3,5-7,9,11-14,25H,4,8,10H2,1-2H3,(H,20,26). The van der Waals surface area contributed by atoms with Crippen molar-refractivity contribution in [3.8, 4) is 11.4 Å². The van der Waals surface area contributed by atoms with E-state index < -0.39 is 0 Å². The van der Waals surface area contributed by atoms with Crippen LogP contribution in [0.1, 0.15) is 42.2 Å². The third-order valence-corrected chi connectivity index (χ3v) is 4.12. The number of nitrogens with one attached hydrogen (secondary N) is 1. The van der Waals surface area contributed by atoms with Gasteiger partial charge in [0.15, 0.2) is 11.4 Å². The molecule has 0 fully saturated rings. The van der Waals surface area contributed by atoms with Gasteiger partial charge in [0.1, 0.15) is 0 Å². The van der Waals surface area contributed by atoms with Crippen LogP contribution in [0.2, 0.25) is 0 Å². The number of aromatic hydroxyl groups is 1. The van der Waals surface area contributed by atoms with E-state index in [1.807, 2.05) is 36.5 Å². The summed E-state index contributed by atoms with van der Waals surface area (Å²) in [5.41, 5.74) is 2.00. The van der Waals surface area contributed by atoms with E-state index in [1.165, 1.54) is 16.4 Å². The molecule has 3 rings (SSSR count). The molecule has 0 spiro atoms. The number of aryl methyl sites for hydroxylation is 1. The lowest BCUT2D eigenvalue weighted by Crippen LogP contribution is -2.26. The van der Waals surface area contributed by atoms with Crippen LogP contribution >= 0.6 is 0 Å². The Hall–Kier alpha value is -3.09. The van der Waals surface area contributed by atoms with Gasteiger partial charge in [-0.3, -0.25) is 9.48 Å². The quantitative estimate of drug-likeness (QED) is 0.640. The lowest BCUT2D eigenvalue weighted by molar-refractivity contribution is 0.0944. The van der Waals surface area contributed by atoms with Gasteiger partial charge >= 0.3 is 0 Å². The molecule has 0 unspecified atom stereocenters. The number of amides is 1. The molecule has 0 saturated carbocycles. The molecule has 7 nitrogen and oxygen atoms in total. The van der Waals surface area contributed by atoms with Crippen LogP contribution in [-0.4, -0.2) is 37.1 Å². The number of benzene rings is 1. The number of hydrogen-bond acceptors (Lipinski definition) is 4. The average molecular weight is 353 g/mol. The third kappa shape index (κ3) is 4.11. The van der Waals surface area contributed by atoms with E-state index in [-0.39, 0.29) is 17.4 Å². The summed E-state index contributed by atoms with van der Waals surface area (Å²) in [5.74, 6) is -0.136. The predicted molar refractivity (Wildman–Crippen MR) is 98.5 cm³/mol. The van der Waals surface area contributed by atoms with Crippen LogP contribution in [0.4, 0.5) is 0 Å². The minimum Gasteiger partial charge on any atom is -0.504 e. The van der Waals surface area contributed by atoms with Gasteiger partial charge in [0, 0.05) is 25.5 Å². The van der Waals surface area contributed by atoms with Crippen molar-refractivity contribution in [2.24, 2.45) is 0 Å². The van der Waals surface area contributed by atoms with Crippen LogP contribution in [0, 0.1) is 0 Å². The van der Waals surface area contributed by atoms with Crippen LogP contribution in [-0.2, 0) is 6.54 Å². The molecule has 0 aliphatic carbocycles. The van der Waals surface area contributed by atoms with Crippen molar-refractivity contribution in [3.63, 3.8) is 0 Å². The lowest BCUT2D eigenvalue weighted by Gasteiger charge is -2.08. The molecule has 0 bridgehead atoms. The topological polar surface area (TPSA) is 85.0 Å². The maximum Gasteiger partial charge on any atom is 0.275 e. The van der Waals surface area contributed by atoms with Crippen molar-refractivity contribution in [1.82, 2.24) is 24.9 Å². The minimum atomic E-state index is -0.387. The zero-order valence-electron chi connectivity index (χ0n) is 15.0. The maximum absolute atomic E-state index is 12.3. The monoisotopic (exact) mass is 353 g/mol. The Balaban J connectivity index is 1.63. The summed E-state index contributed by atoms with van der Waals surface area (Å²) in [6.45, 7) is 5.42. The van der Waals surface area contributed by atoms with Crippen molar-refractivity contribution in [1.29, 1.82) is 0 Å². The fourth-order valence-electron chi connectivity index (χ4n) is 2.64. The number of nitrogens with zero attached hydrogens (tertiary/aromatic N) is 4. The van der Waals surface area contributed by atoms with Crippen LogP contribution in [0.15, 0.2) is 48.9 Å². The summed E-state index contributed by atoms with van der Waals surface area (Å²) in [4.78, 5) is 12.3. The zero-order chi connectivity index (χ0) is 18.5. The van der Waals surface area contributed by atoms with Gasteiger partial charge in [0.25, 0.3) is 5.91 Å². The van der Waals surface area contributed by atoms with E-state index in [1.54, 1.807) is 10.9 Å². The Morgan fingerprint density at radius 1 is 1.31 bits per heavy atom. The second kappa shape index (κ2) is 7.86. The fraction of sp³-hybridized carbons (Fsp3) is 0.316. The second-order valence-electron chi connectivity index (χ2n) is 6.44. The molecular formula is C19H23N5O2. The Kier molecular flexibility index (Phi) is 5.36. The molecule has 1 amide bonds. The highest BCUT2D eigenvalue weighted by Crippen LogP contribution is 2.21. The van der Waals surface area contributed by atoms with E-state index in [2.05, 4.69) is 29.4 Å². The normalized spacial score (nSPS) is 11.0. The van der Waals surface area contributed by atoms with Gasteiger partial charge in [0.2, 0.25) is 0 Å². The van der Waals surface area contributed by atoms with Crippen LogP contribution in [0.3, 0.4) is 0 Å². The van der Waals surface area contributed by atoms with Crippen molar-refractivity contribution in [2.45, 2.75) is 32.7 Å². The molecule has 26 heavy (non-hydrogen) atoms. The molecule has 136 valence electrons. The molecule has 2 aromatic heterocycles. The first kappa shape index (κ1) is 17.7.